The number of carbonyl (C=O) groups is 1. The van der Waals surface area contributed by atoms with Gasteiger partial charge in [-0.2, -0.15) is 0 Å². The standard InChI is InChI=1S/C16H19N3O.2ClH/c1-11-10-13(7-9-17-11)19-16(20)14-6-2-4-12-5-3-8-18-15(12)14;;/h2-6,8,11,13,17H,7,9-10H2,1H3,(H,19,20);2*1H. The van der Waals surface area contributed by atoms with Crippen molar-refractivity contribution in [2.45, 2.75) is 31.8 Å². The van der Waals surface area contributed by atoms with Crippen molar-refractivity contribution < 1.29 is 4.79 Å². The maximum atomic E-state index is 12.5. The highest BCUT2D eigenvalue weighted by molar-refractivity contribution is 6.05. The highest BCUT2D eigenvalue weighted by Gasteiger charge is 2.21. The number of fused-ring (bicyclic) bond motifs is 1. The van der Waals surface area contributed by atoms with Crippen LogP contribution < -0.4 is 10.6 Å². The van der Waals surface area contributed by atoms with E-state index in [0.29, 0.717) is 11.6 Å². The van der Waals surface area contributed by atoms with E-state index in [9.17, 15) is 4.79 Å². The van der Waals surface area contributed by atoms with Crippen LogP contribution in [-0.2, 0) is 0 Å². The van der Waals surface area contributed by atoms with Gasteiger partial charge in [-0.15, -0.1) is 24.8 Å². The molecule has 0 bridgehead atoms. The maximum absolute atomic E-state index is 12.5. The molecule has 0 saturated carbocycles. The number of halogens is 2. The van der Waals surface area contributed by atoms with Crippen molar-refractivity contribution in [1.82, 2.24) is 15.6 Å². The van der Waals surface area contributed by atoms with Gasteiger partial charge in [0.2, 0.25) is 0 Å². The number of para-hydroxylation sites is 1. The Morgan fingerprint density at radius 3 is 2.82 bits per heavy atom. The molecule has 2 N–H and O–H groups in total. The number of pyridine rings is 1. The quantitative estimate of drug-likeness (QED) is 0.882. The van der Waals surface area contributed by atoms with Crippen molar-refractivity contribution in [2.24, 2.45) is 0 Å². The molecule has 2 aromatic rings. The van der Waals surface area contributed by atoms with E-state index in [2.05, 4.69) is 22.5 Å². The first-order valence-corrected chi connectivity index (χ1v) is 7.12. The molecule has 0 aliphatic carbocycles. The van der Waals surface area contributed by atoms with Crippen molar-refractivity contribution in [1.29, 1.82) is 0 Å². The van der Waals surface area contributed by atoms with Gasteiger partial charge in [0.15, 0.2) is 0 Å². The summed E-state index contributed by atoms with van der Waals surface area (Å²) in [6.45, 7) is 3.11. The molecular formula is C16H21Cl2N3O. The average Bonchev–Trinajstić information content (AvgIpc) is 2.46. The molecular weight excluding hydrogens is 321 g/mol. The van der Waals surface area contributed by atoms with E-state index >= 15 is 0 Å². The Hall–Kier alpha value is -1.36. The highest BCUT2D eigenvalue weighted by Crippen LogP contribution is 2.17. The minimum absolute atomic E-state index is 0. The summed E-state index contributed by atoms with van der Waals surface area (Å²) in [4.78, 5) is 16.8. The van der Waals surface area contributed by atoms with Gasteiger partial charge in [-0.25, -0.2) is 0 Å². The summed E-state index contributed by atoms with van der Waals surface area (Å²) in [5, 5.41) is 7.53. The lowest BCUT2D eigenvalue weighted by Crippen LogP contribution is -2.46. The van der Waals surface area contributed by atoms with Gasteiger partial charge in [-0.05, 0) is 38.4 Å². The molecule has 1 aliphatic heterocycles. The second kappa shape index (κ2) is 8.32. The van der Waals surface area contributed by atoms with E-state index in [1.165, 1.54) is 0 Å². The summed E-state index contributed by atoms with van der Waals surface area (Å²) in [7, 11) is 0. The molecule has 1 aromatic carbocycles. The monoisotopic (exact) mass is 341 g/mol. The van der Waals surface area contributed by atoms with Crippen LogP contribution in [0.4, 0.5) is 0 Å². The summed E-state index contributed by atoms with van der Waals surface area (Å²) < 4.78 is 0. The first kappa shape index (κ1) is 18.7. The van der Waals surface area contributed by atoms with Crippen LogP contribution in [0.5, 0.6) is 0 Å². The number of rotatable bonds is 2. The number of hydrogen-bond acceptors (Lipinski definition) is 3. The molecule has 0 radical (unpaired) electrons. The number of aromatic nitrogens is 1. The zero-order valence-electron chi connectivity index (χ0n) is 12.4. The van der Waals surface area contributed by atoms with Gasteiger partial charge in [-0.3, -0.25) is 9.78 Å². The Labute approximate surface area is 142 Å². The Kier molecular flexibility index (Phi) is 7.07. The van der Waals surface area contributed by atoms with Crippen molar-refractivity contribution in [3.05, 3.63) is 42.1 Å². The Morgan fingerprint density at radius 1 is 1.27 bits per heavy atom. The van der Waals surface area contributed by atoms with Crippen molar-refractivity contribution in [2.75, 3.05) is 6.54 Å². The molecule has 1 fully saturated rings. The molecule has 2 heterocycles. The normalized spacial score (nSPS) is 20.6. The van der Waals surface area contributed by atoms with Crippen LogP contribution >= 0.6 is 24.8 Å². The molecule has 1 aromatic heterocycles. The molecule has 2 atom stereocenters. The number of hydrogen-bond donors (Lipinski definition) is 2. The third-order valence-electron chi connectivity index (χ3n) is 3.84. The summed E-state index contributed by atoms with van der Waals surface area (Å²) in [5.74, 6) is -0.0200. The molecule has 3 rings (SSSR count). The molecule has 1 saturated heterocycles. The first-order valence-electron chi connectivity index (χ1n) is 7.12. The Balaban J connectivity index is 0.00000121. The van der Waals surface area contributed by atoms with Crippen LogP contribution in [0.25, 0.3) is 10.9 Å². The molecule has 6 heteroatoms. The lowest BCUT2D eigenvalue weighted by Gasteiger charge is -2.28. The Morgan fingerprint density at radius 2 is 2.05 bits per heavy atom. The van der Waals surface area contributed by atoms with Crippen molar-refractivity contribution >= 4 is 41.6 Å². The van der Waals surface area contributed by atoms with Crippen LogP contribution in [0.1, 0.15) is 30.1 Å². The molecule has 22 heavy (non-hydrogen) atoms. The first-order chi connectivity index (χ1) is 9.74. The Bertz CT molecular complexity index is 630. The highest BCUT2D eigenvalue weighted by atomic mass is 35.5. The lowest BCUT2D eigenvalue weighted by molar-refractivity contribution is 0.0927. The molecule has 2 unspecified atom stereocenters. The van der Waals surface area contributed by atoms with Gasteiger partial charge in [-0.1, -0.05) is 18.2 Å². The molecule has 120 valence electrons. The molecule has 1 amide bonds. The van der Waals surface area contributed by atoms with E-state index in [1.54, 1.807) is 6.20 Å². The SMILES string of the molecule is CC1CC(NC(=O)c2cccc3cccnc23)CCN1.Cl.Cl. The zero-order valence-corrected chi connectivity index (χ0v) is 14.0. The maximum Gasteiger partial charge on any atom is 0.253 e. The van der Waals surface area contributed by atoms with Crippen LogP contribution in [-0.4, -0.2) is 29.5 Å². The fourth-order valence-electron chi connectivity index (χ4n) is 2.81. The van der Waals surface area contributed by atoms with Gasteiger partial charge >= 0.3 is 0 Å². The number of piperidine rings is 1. The van der Waals surface area contributed by atoms with Crippen LogP contribution in [0.3, 0.4) is 0 Å². The topological polar surface area (TPSA) is 54.0 Å². The smallest absolute Gasteiger partial charge is 0.253 e. The summed E-state index contributed by atoms with van der Waals surface area (Å²) in [5.41, 5.74) is 1.43. The minimum Gasteiger partial charge on any atom is -0.349 e. The second-order valence-corrected chi connectivity index (χ2v) is 5.43. The fourth-order valence-corrected chi connectivity index (χ4v) is 2.81. The van der Waals surface area contributed by atoms with E-state index in [0.717, 1.165) is 30.3 Å². The largest absolute Gasteiger partial charge is 0.349 e. The molecule has 0 spiro atoms. The van der Waals surface area contributed by atoms with Crippen molar-refractivity contribution in [3.8, 4) is 0 Å². The summed E-state index contributed by atoms with van der Waals surface area (Å²) in [6, 6.07) is 10.3. The minimum atomic E-state index is -0.0200. The number of benzene rings is 1. The van der Waals surface area contributed by atoms with E-state index < -0.39 is 0 Å². The van der Waals surface area contributed by atoms with Crippen LogP contribution in [0, 0.1) is 0 Å². The molecule has 4 nitrogen and oxygen atoms in total. The second-order valence-electron chi connectivity index (χ2n) is 5.43. The van der Waals surface area contributed by atoms with Crippen LogP contribution in [0.2, 0.25) is 0 Å². The van der Waals surface area contributed by atoms with Gasteiger partial charge in [0.25, 0.3) is 5.91 Å². The third kappa shape index (κ3) is 4.09. The van der Waals surface area contributed by atoms with Crippen molar-refractivity contribution in [3.63, 3.8) is 0 Å². The number of nitrogens with zero attached hydrogens (tertiary/aromatic N) is 1. The van der Waals surface area contributed by atoms with Gasteiger partial charge in [0, 0.05) is 23.7 Å². The summed E-state index contributed by atoms with van der Waals surface area (Å²) in [6.07, 6.45) is 3.68. The van der Waals surface area contributed by atoms with E-state index in [1.807, 2.05) is 30.3 Å². The third-order valence-corrected chi connectivity index (χ3v) is 3.84. The number of carbonyl (C=O) groups excluding carboxylic acids is 1. The predicted octanol–water partition coefficient (Wildman–Crippen LogP) is 2.95. The molecule has 1 aliphatic rings. The predicted molar refractivity (Wildman–Crippen MR) is 94.2 cm³/mol. The van der Waals surface area contributed by atoms with Gasteiger partial charge < -0.3 is 10.6 Å². The average molecular weight is 342 g/mol. The van der Waals surface area contributed by atoms with E-state index in [-0.39, 0.29) is 36.8 Å². The number of amides is 1. The zero-order chi connectivity index (χ0) is 13.9. The van der Waals surface area contributed by atoms with Crippen LogP contribution in [0.15, 0.2) is 36.5 Å². The fraction of sp³-hybridized carbons (Fsp3) is 0.375. The van der Waals surface area contributed by atoms with Gasteiger partial charge in [0.1, 0.15) is 0 Å². The van der Waals surface area contributed by atoms with Gasteiger partial charge in [0.05, 0.1) is 11.1 Å². The number of nitrogens with one attached hydrogen (secondary N) is 2. The van der Waals surface area contributed by atoms with E-state index in [4.69, 9.17) is 0 Å². The lowest BCUT2D eigenvalue weighted by atomic mass is 10.00. The summed E-state index contributed by atoms with van der Waals surface area (Å²) >= 11 is 0.